The van der Waals surface area contributed by atoms with Crippen molar-refractivity contribution in [2.45, 2.75) is 50.5 Å². The minimum Gasteiger partial charge on any atom is -0.379 e. The number of hydrogen-bond acceptors (Lipinski definition) is 4. The van der Waals surface area contributed by atoms with Gasteiger partial charge < -0.3 is 10.1 Å². The van der Waals surface area contributed by atoms with Gasteiger partial charge >= 0.3 is 0 Å². The predicted octanol–water partition coefficient (Wildman–Crippen LogP) is 2.64. The van der Waals surface area contributed by atoms with Crippen LogP contribution in [0.2, 0.25) is 0 Å². The third-order valence-electron chi connectivity index (χ3n) is 5.80. The molecule has 1 aromatic rings. The van der Waals surface area contributed by atoms with Crippen LogP contribution in [0.5, 0.6) is 0 Å². The molecule has 0 aromatic heterocycles. The van der Waals surface area contributed by atoms with Crippen LogP contribution in [0.15, 0.2) is 24.3 Å². The van der Waals surface area contributed by atoms with Gasteiger partial charge in [-0.15, -0.1) is 0 Å². The first kappa shape index (κ1) is 18.9. The number of hydrogen-bond donors (Lipinski definition) is 1. The predicted molar refractivity (Wildman–Crippen MR) is 101 cm³/mol. The minimum atomic E-state index is 0.117. The zero-order valence-corrected chi connectivity index (χ0v) is 15.5. The second kappa shape index (κ2) is 9.16. The Hall–Kier alpha value is -1.90. The van der Waals surface area contributed by atoms with E-state index >= 15 is 0 Å². The summed E-state index contributed by atoms with van der Waals surface area (Å²) in [7, 11) is 0. The summed E-state index contributed by atoms with van der Waals surface area (Å²) in [6, 6.07) is 9.60. The van der Waals surface area contributed by atoms with Crippen LogP contribution in [-0.2, 0) is 16.0 Å². The van der Waals surface area contributed by atoms with Crippen molar-refractivity contribution in [1.82, 2.24) is 10.2 Å². The molecule has 0 unspecified atom stereocenters. The summed E-state index contributed by atoms with van der Waals surface area (Å²) in [5.74, 6) is 0.118. The van der Waals surface area contributed by atoms with Crippen LogP contribution in [0, 0.1) is 11.3 Å². The topological polar surface area (TPSA) is 65.4 Å². The normalized spacial score (nSPS) is 20.3. The molecule has 26 heavy (non-hydrogen) atoms. The van der Waals surface area contributed by atoms with Gasteiger partial charge in [0, 0.05) is 31.6 Å². The fraction of sp³-hybridized carbons (Fsp3) is 0.619. The number of ether oxygens (including phenoxy) is 1. The Kier molecular flexibility index (Phi) is 6.65. The van der Waals surface area contributed by atoms with E-state index in [4.69, 9.17) is 10.00 Å². The van der Waals surface area contributed by atoms with Crippen LogP contribution in [0.25, 0.3) is 0 Å². The zero-order valence-electron chi connectivity index (χ0n) is 15.5. The van der Waals surface area contributed by atoms with Crippen LogP contribution in [-0.4, -0.2) is 49.2 Å². The van der Waals surface area contributed by atoms with Gasteiger partial charge in [-0.25, -0.2) is 0 Å². The van der Waals surface area contributed by atoms with E-state index in [-0.39, 0.29) is 11.4 Å². The molecular formula is C21H29N3O2. The molecule has 0 atom stereocenters. The molecular weight excluding hydrogens is 326 g/mol. The summed E-state index contributed by atoms with van der Waals surface area (Å²) >= 11 is 0. The van der Waals surface area contributed by atoms with E-state index in [1.165, 1.54) is 32.1 Å². The number of nitriles is 1. The quantitative estimate of drug-likeness (QED) is 0.852. The van der Waals surface area contributed by atoms with Gasteiger partial charge in [0.25, 0.3) is 0 Å². The zero-order chi connectivity index (χ0) is 18.2. The Morgan fingerprint density at radius 2 is 1.85 bits per heavy atom. The lowest BCUT2D eigenvalue weighted by Gasteiger charge is -2.48. The summed E-state index contributed by atoms with van der Waals surface area (Å²) in [4.78, 5) is 15.0. The number of amides is 1. The lowest BCUT2D eigenvalue weighted by molar-refractivity contribution is -0.122. The van der Waals surface area contributed by atoms with Gasteiger partial charge in [-0.1, -0.05) is 31.4 Å². The lowest BCUT2D eigenvalue weighted by Crippen LogP contribution is -2.59. The van der Waals surface area contributed by atoms with E-state index in [1.54, 1.807) is 0 Å². The highest BCUT2D eigenvalue weighted by molar-refractivity contribution is 5.76. The maximum atomic E-state index is 12.4. The fourth-order valence-electron chi connectivity index (χ4n) is 4.21. The first-order chi connectivity index (χ1) is 12.7. The molecule has 0 radical (unpaired) electrons. The summed E-state index contributed by atoms with van der Waals surface area (Å²) in [5.41, 5.74) is 1.87. The molecule has 1 aromatic carbocycles. The molecule has 0 bridgehead atoms. The third-order valence-corrected chi connectivity index (χ3v) is 5.80. The van der Waals surface area contributed by atoms with Crippen LogP contribution >= 0.6 is 0 Å². The molecule has 1 heterocycles. The van der Waals surface area contributed by atoms with Crippen molar-refractivity contribution >= 4 is 5.91 Å². The van der Waals surface area contributed by atoms with Crippen molar-refractivity contribution in [3.63, 3.8) is 0 Å². The van der Waals surface area contributed by atoms with E-state index in [0.717, 1.165) is 38.4 Å². The molecule has 1 saturated carbocycles. The molecule has 1 N–H and O–H groups in total. The van der Waals surface area contributed by atoms with Crippen LogP contribution in [0.1, 0.15) is 49.7 Å². The Bertz CT molecular complexity index is 624. The Morgan fingerprint density at radius 1 is 1.15 bits per heavy atom. The van der Waals surface area contributed by atoms with Crippen LogP contribution < -0.4 is 5.32 Å². The van der Waals surface area contributed by atoms with Gasteiger partial charge in [0.2, 0.25) is 5.91 Å². The number of nitrogens with zero attached hydrogens (tertiary/aromatic N) is 2. The van der Waals surface area contributed by atoms with Gasteiger partial charge in [-0.3, -0.25) is 9.69 Å². The molecule has 3 rings (SSSR count). The maximum Gasteiger partial charge on any atom is 0.220 e. The summed E-state index contributed by atoms with van der Waals surface area (Å²) in [6.45, 7) is 4.30. The van der Waals surface area contributed by atoms with Crippen molar-refractivity contribution in [2.75, 3.05) is 32.8 Å². The second-order valence-electron chi connectivity index (χ2n) is 7.47. The van der Waals surface area contributed by atoms with Gasteiger partial charge in [0.15, 0.2) is 0 Å². The van der Waals surface area contributed by atoms with Gasteiger partial charge in [-0.2, -0.15) is 5.26 Å². The van der Waals surface area contributed by atoms with Crippen molar-refractivity contribution < 1.29 is 9.53 Å². The van der Waals surface area contributed by atoms with Crippen molar-refractivity contribution in [1.29, 1.82) is 5.26 Å². The highest BCUT2D eigenvalue weighted by Gasteiger charge is 2.38. The molecule has 5 heteroatoms. The molecule has 140 valence electrons. The average molecular weight is 355 g/mol. The summed E-state index contributed by atoms with van der Waals surface area (Å²) < 4.78 is 5.52. The molecule has 2 aliphatic rings. The monoisotopic (exact) mass is 355 g/mol. The highest BCUT2D eigenvalue weighted by Crippen LogP contribution is 2.33. The third kappa shape index (κ3) is 4.84. The van der Waals surface area contributed by atoms with Crippen molar-refractivity contribution in [3.05, 3.63) is 35.4 Å². The van der Waals surface area contributed by atoms with Gasteiger partial charge in [0.05, 0.1) is 24.8 Å². The number of aryl methyl sites for hydroxylation is 1. The maximum absolute atomic E-state index is 12.4. The first-order valence-corrected chi connectivity index (χ1v) is 9.80. The van der Waals surface area contributed by atoms with Crippen molar-refractivity contribution in [2.24, 2.45) is 0 Å². The Balaban J connectivity index is 1.51. The van der Waals surface area contributed by atoms with E-state index in [0.29, 0.717) is 18.4 Å². The number of rotatable bonds is 6. The Labute approximate surface area is 156 Å². The van der Waals surface area contributed by atoms with E-state index in [1.807, 2.05) is 24.3 Å². The SMILES string of the molecule is N#Cc1ccc(CCC(=O)NCC2(N3CCOCC3)CCCCC2)cc1. The van der Waals surface area contributed by atoms with E-state index in [9.17, 15) is 4.79 Å². The van der Waals surface area contributed by atoms with E-state index in [2.05, 4.69) is 16.3 Å². The summed E-state index contributed by atoms with van der Waals surface area (Å²) in [6.07, 6.45) is 7.34. The smallest absolute Gasteiger partial charge is 0.220 e. The molecule has 0 spiro atoms. The molecule has 2 fully saturated rings. The minimum absolute atomic E-state index is 0.117. The second-order valence-corrected chi connectivity index (χ2v) is 7.47. The number of carbonyl (C=O) groups excluding carboxylic acids is 1. The Morgan fingerprint density at radius 3 is 2.50 bits per heavy atom. The molecule has 1 aliphatic carbocycles. The first-order valence-electron chi connectivity index (χ1n) is 9.80. The van der Waals surface area contributed by atoms with E-state index < -0.39 is 0 Å². The fourth-order valence-corrected chi connectivity index (χ4v) is 4.21. The number of nitrogens with one attached hydrogen (secondary N) is 1. The molecule has 1 amide bonds. The standard InChI is InChI=1S/C21H29N3O2/c22-16-19-6-4-18(5-7-19)8-9-20(25)23-17-21(10-2-1-3-11-21)24-12-14-26-15-13-24/h4-7H,1-3,8-15,17H2,(H,23,25). The van der Waals surface area contributed by atoms with Crippen LogP contribution in [0.4, 0.5) is 0 Å². The van der Waals surface area contributed by atoms with Crippen molar-refractivity contribution in [3.8, 4) is 6.07 Å². The number of morpholine rings is 1. The molecule has 1 saturated heterocycles. The number of benzene rings is 1. The molecule has 5 nitrogen and oxygen atoms in total. The lowest BCUT2D eigenvalue weighted by atomic mass is 9.79. The van der Waals surface area contributed by atoms with Crippen LogP contribution in [0.3, 0.4) is 0 Å². The highest BCUT2D eigenvalue weighted by atomic mass is 16.5. The summed E-state index contributed by atoms with van der Waals surface area (Å²) in [5, 5.41) is 12.1. The van der Waals surface area contributed by atoms with Gasteiger partial charge in [0.1, 0.15) is 0 Å². The molecule has 1 aliphatic heterocycles. The number of carbonyl (C=O) groups is 1. The largest absolute Gasteiger partial charge is 0.379 e. The van der Waals surface area contributed by atoms with Gasteiger partial charge in [-0.05, 0) is 37.0 Å². The average Bonchev–Trinajstić information content (AvgIpc) is 2.72.